The van der Waals surface area contributed by atoms with Crippen molar-refractivity contribution in [3.05, 3.63) is 16.7 Å². The van der Waals surface area contributed by atoms with Crippen LogP contribution in [-0.2, 0) is 4.74 Å². The van der Waals surface area contributed by atoms with Crippen molar-refractivity contribution < 1.29 is 20.1 Å². The standard InChI is InChI=1S/C11H14N4O5Se/c1-21-11-14-5-8(12-3-13-9(5)19)15(11)10-7(18)6(17)4(2-16)20-10/h3-4,6-7,10,16-18H,2H2,1H3,(H,12,13,19). The summed E-state index contributed by atoms with van der Waals surface area (Å²) in [5.41, 5.74) is 0.0669. The molecule has 2 aromatic heterocycles. The molecular weight excluding hydrogens is 347 g/mol. The summed E-state index contributed by atoms with van der Waals surface area (Å²) in [5, 5.41) is 29.2. The topological polar surface area (TPSA) is 133 Å². The SMILES string of the molecule is C[Se]c1nc2c(=O)[nH]cnc2n1C1OC(CO)C(O)C1O. The van der Waals surface area contributed by atoms with Crippen molar-refractivity contribution >= 4 is 30.8 Å². The Morgan fingerprint density at radius 2 is 2.24 bits per heavy atom. The molecule has 2 aromatic rings. The van der Waals surface area contributed by atoms with E-state index in [1.807, 2.05) is 5.82 Å². The van der Waals surface area contributed by atoms with Gasteiger partial charge in [-0.2, -0.15) is 0 Å². The Bertz CT molecular complexity index is 716. The molecule has 4 unspecified atom stereocenters. The van der Waals surface area contributed by atoms with E-state index >= 15 is 0 Å². The van der Waals surface area contributed by atoms with E-state index in [9.17, 15) is 15.0 Å². The van der Waals surface area contributed by atoms with Gasteiger partial charge in [-0.15, -0.1) is 0 Å². The first kappa shape index (κ1) is 14.6. The number of aliphatic hydroxyl groups is 3. The average Bonchev–Trinajstić information content (AvgIpc) is 2.99. The third-order valence-corrected chi connectivity index (χ3v) is 4.78. The zero-order valence-electron chi connectivity index (χ0n) is 11.0. The molecule has 0 bridgehead atoms. The summed E-state index contributed by atoms with van der Waals surface area (Å²) in [6.45, 7) is -0.415. The number of rotatable bonds is 3. The maximum absolute atomic E-state index is 11.8. The fourth-order valence-electron chi connectivity index (χ4n) is 2.37. The molecule has 3 heterocycles. The third kappa shape index (κ3) is 2.20. The molecule has 0 saturated carbocycles. The number of H-pyrrole nitrogens is 1. The van der Waals surface area contributed by atoms with Crippen LogP contribution in [0.25, 0.3) is 11.2 Å². The van der Waals surface area contributed by atoms with Crippen LogP contribution in [0.4, 0.5) is 0 Å². The first-order valence-corrected chi connectivity index (χ1v) is 8.77. The summed E-state index contributed by atoms with van der Waals surface area (Å²) in [5.74, 6) is 1.90. The molecule has 10 heteroatoms. The molecular formula is C11H14N4O5Se. The summed E-state index contributed by atoms with van der Waals surface area (Å²) < 4.78 is 7.59. The Hall–Kier alpha value is -1.29. The van der Waals surface area contributed by atoms with Crippen molar-refractivity contribution in [2.75, 3.05) is 6.61 Å². The second kappa shape index (κ2) is 5.48. The van der Waals surface area contributed by atoms with Gasteiger partial charge >= 0.3 is 124 Å². The molecule has 9 nitrogen and oxygen atoms in total. The van der Waals surface area contributed by atoms with Gasteiger partial charge < -0.3 is 0 Å². The molecule has 0 amide bonds. The van der Waals surface area contributed by atoms with E-state index in [1.54, 1.807) is 0 Å². The Balaban J connectivity index is 2.16. The third-order valence-electron chi connectivity index (χ3n) is 3.41. The molecule has 0 spiro atoms. The number of fused-ring (bicyclic) bond motifs is 1. The summed E-state index contributed by atoms with van der Waals surface area (Å²) >= 11 is -0.0848. The van der Waals surface area contributed by atoms with Gasteiger partial charge in [0.2, 0.25) is 0 Å². The predicted octanol–water partition coefficient (Wildman–Crippen LogP) is -2.89. The Morgan fingerprint density at radius 3 is 2.86 bits per heavy atom. The molecule has 1 saturated heterocycles. The van der Waals surface area contributed by atoms with Crippen molar-refractivity contribution in [1.29, 1.82) is 0 Å². The van der Waals surface area contributed by atoms with Crippen molar-refractivity contribution in [1.82, 2.24) is 19.5 Å². The number of nitrogens with one attached hydrogen (secondary N) is 1. The minimum absolute atomic E-state index is 0.0848. The van der Waals surface area contributed by atoms with Crippen LogP contribution in [0.5, 0.6) is 0 Å². The van der Waals surface area contributed by atoms with E-state index in [0.717, 1.165) is 0 Å². The summed E-state index contributed by atoms with van der Waals surface area (Å²) in [6, 6.07) is 0. The van der Waals surface area contributed by atoms with Gasteiger partial charge in [-0.05, 0) is 0 Å². The normalized spacial score (nSPS) is 29.3. The quantitative estimate of drug-likeness (QED) is 0.431. The molecule has 0 radical (unpaired) electrons. The molecule has 1 aliphatic heterocycles. The van der Waals surface area contributed by atoms with Crippen molar-refractivity contribution in [3.8, 4) is 0 Å². The Morgan fingerprint density at radius 1 is 1.48 bits per heavy atom. The molecule has 1 aliphatic rings. The zero-order valence-corrected chi connectivity index (χ0v) is 12.7. The van der Waals surface area contributed by atoms with Crippen LogP contribution in [0, 0.1) is 0 Å². The van der Waals surface area contributed by atoms with Crippen LogP contribution in [0.2, 0.25) is 5.82 Å². The molecule has 114 valence electrons. The molecule has 1 fully saturated rings. The van der Waals surface area contributed by atoms with E-state index < -0.39 is 31.1 Å². The van der Waals surface area contributed by atoms with Gasteiger partial charge in [-0.1, -0.05) is 0 Å². The molecule has 0 aromatic carbocycles. The van der Waals surface area contributed by atoms with Gasteiger partial charge in [-0.25, -0.2) is 0 Å². The van der Waals surface area contributed by atoms with Gasteiger partial charge in [0.1, 0.15) is 0 Å². The van der Waals surface area contributed by atoms with Crippen LogP contribution in [0.3, 0.4) is 0 Å². The van der Waals surface area contributed by atoms with Gasteiger partial charge in [-0.3, -0.25) is 0 Å². The fourth-order valence-corrected chi connectivity index (χ4v) is 3.56. The van der Waals surface area contributed by atoms with E-state index in [4.69, 9.17) is 9.84 Å². The van der Waals surface area contributed by atoms with Crippen LogP contribution in [0.1, 0.15) is 6.23 Å². The number of imidazole rings is 1. The van der Waals surface area contributed by atoms with E-state index in [0.29, 0.717) is 4.72 Å². The van der Waals surface area contributed by atoms with Crippen molar-refractivity contribution in [3.63, 3.8) is 0 Å². The Labute approximate surface area is 124 Å². The number of aromatic nitrogens is 4. The molecule has 4 N–H and O–H groups in total. The van der Waals surface area contributed by atoms with Crippen molar-refractivity contribution in [2.24, 2.45) is 0 Å². The maximum atomic E-state index is 11.8. The molecule has 0 aliphatic carbocycles. The monoisotopic (exact) mass is 362 g/mol. The number of aliphatic hydroxyl groups excluding tert-OH is 3. The van der Waals surface area contributed by atoms with Crippen LogP contribution in [-0.4, -0.2) is 74.7 Å². The van der Waals surface area contributed by atoms with Crippen LogP contribution >= 0.6 is 0 Å². The second-order valence-corrected chi connectivity index (χ2v) is 6.22. The van der Waals surface area contributed by atoms with Crippen LogP contribution in [0.15, 0.2) is 11.1 Å². The fraction of sp³-hybridized carbons (Fsp3) is 0.545. The first-order chi connectivity index (χ1) is 10.1. The molecule has 3 rings (SSSR count). The summed E-state index contributed by atoms with van der Waals surface area (Å²) in [6.07, 6.45) is -3.02. The van der Waals surface area contributed by atoms with Gasteiger partial charge in [0.25, 0.3) is 0 Å². The number of hydrogen-bond acceptors (Lipinski definition) is 7. The Kier molecular flexibility index (Phi) is 3.82. The number of nitrogens with zero attached hydrogens (tertiary/aromatic N) is 3. The van der Waals surface area contributed by atoms with Crippen LogP contribution < -0.4 is 10.3 Å². The van der Waals surface area contributed by atoms with E-state index in [1.165, 1.54) is 10.9 Å². The van der Waals surface area contributed by atoms with Gasteiger partial charge in [0.05, 0.1) is 0 Å². The molecule has 21 heavy (non-hydrogen) atoms. The number of ether oxygens (including phenoxy) is 1. The number of aromatic amines is 1. The first-order valence-electron chi connectivity index (χ1n) is 6.20. The number of hydrogen-bond donors (Lipinski definition) is 4. The average molecular weight is 361 g/mol. The molecule has 4 atom stereocenters. The summed E-state index contributed by atoms with van der Waals surface area (Å²) in [7, 11) is 0. The second-order valence-electron chi connectivity index (χ2n) is 4.60. The zero-order chi connectivity index (χ0) is 15.1. The van der Waals surface area contributed by atoms with E-state index in [-0.39, 0.29) is 31.7 Å². The van der Waals surface area contributed by atoms with Crippen molar-refractivity contribution in [2.45, 2.75) is 30.4 Å². The predicted molar refractivity (Wildman–Crippen MR) is 72.4 cm³/mol. The van der Waals surface area contributed by atoms with Gasteiger partial charge in [0, 0.05) is 0 Å². The minimum atomic E-state index is -1.23. The van der Waals surface area contributed by atoms with E-state index in [2.05, 4.69) is 15.0 Å². The van der Waals surface area contributed by atoms with Gasteiger partial charge in [0.15, 0.2) is 0 Å². The summed E-state index contributed by atoms with van der Waals surface area (Å²) in [4.78, 5) is 22.5.